The molecule has 0 atom stereocenters. The molecule has 1 radical (unpaired) electrons. The number of rotatable bonds is 0. The summed E-state index contributed by atoms with van der Waals surface area (Å²) in [7, 11) is 0. The number of hydrogen-bond donors (Lipinski definition) is 0. The monoisotopic (exact) mass is 224 g/mol. The van der Waals surface area contributed by atoms with Crippen LogP contribution in [-0.4, -0.2) is 65.4 Å². The fourth-order valence-electron chi connectivity index (χ4n) is 0.905. The van der Waals surface area contributed by atoms with Crippen LogP contribution in [0.1, 0.15) is 27.2 Å². The summed E-state index contributed by atoms with van der Waals surface area (Å²) in [4.78, 5) is 23.6. The third kappa shape index (κ3) is 5.39. The fourth-order valence-corrected chi connectivity index (χ4v) is 0.905. The normalized spacial score (nSPS) is 14.7. The quantitative estimate of drug-likeness (QED) is 0.354. The molecule has 0 spiro atoms. The molecule has 0 N–H and O–H groups in total. The van der Waals surface area contributed by atoms with Gasteiger partial charge in [0.2, 0.25) is 0 Å². The maximum absolute atomic E-state index is 11.1. The molecule has 1 heterocycles. The van der Waals surface area contributed by atoms with Gasteiger partial charge in [-0.1, -0.05) is 0 Å². The van der Waals surface area contributed by atoms with Crippen molar-refractivity contribution in [2.75, 3.05) is 13.1 Å². The van der Waals surface area contributed by atoms with Gasteiger partial charge >= 0.3 is 12.2 Å². The molecule has 1 amide bonds. The summed E-state index contributed by atoms with van der Waals surface area (Å²) in [6, 6.07) is 0. The van der Waals surface area contributed by atoms with Crippen LogP contribution in [0.2, 0.25) is 0 Å². The number of hydrogen-bond acceptors (Lipinski definition) is 4. The summed E-state index contributed by atoms with van der Waals surface area (Å²) in [5, 5.41) is 0. The van der Waals surface area contributed by atoms with Crippen LogP contribution in [0, 0.1) is 0 Å². The molecule has 0 bridgehead atoms. The Morgan fingerprint density at radius 2 is 1.73 bits per heavy atom. The van der Waals surface area contributed by atoms with Gasteiger partial charge in [0.1, 0.15) is 5.60 Å². The Labute approximate surface area is 111 Å². The van der Waals surface area contributed by atoms with E-state index < -0.39 is 17.8 Å². The molecule has 0 aromatic rings. The molecule has 0 saturated carbocycles. The summed E-state index contributed by atoms with van der Waals surface area (Å²) in [6.45, 7) is 6.44. The standard InChI is InChI=1S/C9H15NO4.Na/c1-9(2,3)14-8(12)13-7(11)10-5-4-6-10;/h4-6H2,1-3H3;. The molecular weight excluding hydrogens is 209 g/mol. The topological polar surface area (TPSA) is 55.8 Å². The summed E-state index contributed by atoms with van der Waals surface area (Å²) in [5.74, 6) is 0. The first-order valence-corrected chi connectivity index (χ1v) is 4.58. The van der Waals surface area contributed by atoms with E-state index in [1.54, 1.807) is 20.8 Å². The molecule has 1 rings (SSSR count). The fraction of sp³-hybridized carbons (Fsp3) is 0.778. The number of nitrogens with zero attached hydrogens (tertiary/aromatic N) is 1. The van der Waals surface area contributed by atoms with Crippen molar-refractivity contribution in [1.82, 2.24) is 4.90 Å². The van der Waals surface area contributed by atoms with Gasteiger partial charge in [0.15, 0.2) is 0 Å². The average molecular weight is 224 g/mol. The first-order valence-electron chi connectivity index (χ1n) is 4.58. The van der Waals surface area contributed by atoms with E-state index in [1.165, 1.54) is 4.90 Å². The predicted octanol–water partition coefficient (Wildman–Crippen LogP) is 1.38. The van der Waals surface area contributed by atoms with Crippen LogP contribution in [0.3, 0.4) is 0 Å². The van der Waals surface area contributed by atoms with Crippen molar-refractivity contribution in [1.29, 1.82) is 0 Å². The van der Waals surface area contributed by atoms with Gasteiger partial charge in [-0.15, -0.1) is 0 Å². The zero-order chi connectivity index (χ0) is 10.8. The van der Waals surface area contributed by atoms with Crippen LogP contribution in [-0.2, 0) is 9.47 Å². The van der Waals surface area contributed by atoms with E-state index in [4.69, 9.17) is 4.74 Å². The van der Waals surface area contributed by atoms with Gasteiger partial charge in [-0.3, -0.25) is 0 Å². The smallest absolute Gasteiger partial charge is 0.428 e. The number of carbonyl (C=O) groups is 2. The van der Waals surface area contributed by atoms with Crippen LogP contribution in [0.25, 0.3) is 0 Å². The Kier molecular flexibility index (Phi) is 5.62. The minimum absolute atomic E-state index is 0. The Morgan fingerprint density at radius 3 is 2.07 bits per heavy atom. The van der Waals surface area contributed by atoms with E-state index in [9.17, 15) is 9.59 Å². The van der Waals surface area contributed by atoms with E-state index in [0.29, 0.717) is 13.1 Å². The maximum atomic E-state index is 11.1. The largest absolute Gasteiger partial charge is 0.517 e. The molecule has 1 fully saturated rings. The van der Waals surface area contributed by atoms with Crippen molar-refractivity contribution in [3.05, 3.63) is 0 Å². The van der Waals surface area contributed by atoms with E-state index in [-0.39, 0.29) is 29.6 Å². The molecule has 5 nitrogen and oxygen atoms in total. The molecule has 0 unspecified atom stereocenters. The van der Waals surface area contributed by atoms with E-state index >= 15 is 0 Å². The Balaban J connectivity index is 0.00000196. The minimum atomic E-state index is -0.936. The molecule has 1 aliphatic rings. The summed E-state index contributed by atoms with van der Waals surface area (Å²) in [6.07, 6.45) is -0.594. The van der Waals surface area contributed by atoms with Crippen LogP contribution in [0.4, 0.5) is 9.59 Å². The second-order valence-corrected chi connectivity index (χ2v) is 4.17. The summed E-state index contributed by atoms with van der Waals surface area (Å²) < 4.78 is 9.27. The predicted molar refractivity (Wildman–Crippen MR) is 54.7 cm³/mol. The van der Waals surface area contributed by atoms with Crippen LogP contribution in [0.5, 0.6) is 0 Å². The molecule has 0 aromatic heterocycles. The maximum Gasteiger partial charge on any atom is 0.517 e. The van der Waals surface area contributed by atoms with Crippen molar-refractivity contribution in [2.24, 2.45) is 0 Å². The zero-order valence-electron chi connectivity index (χ0n) is 9.70. The van der Waals surface area contributed by atoms with Crippen LogP contribution in [0.15, 0.2) is 0 Å². The van der Waals surface area contributed by atoms with E-state index in [2.05, 4.69) is 4.74 Å². The molecule has 0 aromatic carbocycles. The van der Waals surface area contributed by atoms with Gasteiger partial charge in [0, 0.05) is 42.6 Å². The molecular formula is C9H15NNaO4. The number of ether oxygens (including phenoxy) is 2. The van der Waals surface area contributed by atoms with Crippen molar-refractivity contribution < 1.29 is 19.1 Å². The van der Waals surface area contributed by atoms with Gasteiger partial charge in [-0.25, -0.2) is 9.59 Å². The number of amides is 1. The molecule has 1 aliphatic heterocycles. The molecule has 6 heteroatoms. The van der Waals surface area contributed by atoms with Gasteiger partial charge in [-0.2, -0.15) is 0 Å². The van der Waals surface area contributed by atoms with Crippen molar-refractivity contribution in [3.63, 3.8) is 0 Å². The van der Waals surface area contributed by atoms with Crippen LogP contribution >= 0.6 is 0 Å². The molecule has 81 valence electrons. The second-order valence-electron chi connectivity index (χ2n) is 4.17. The van der Waals surface area contributed by atoms with E-state index in [1.807, 2.05) is 0 Å². The molecule has 0 aliphatic carbocycles. The van der Waals surface area contributed by atoms with Crippen LogP contribution < -0.4 is 0 Å². The van der Waals surface area contributed by atoms with Crippen molar-refractivity contribution >= 4 is 41.8 Å². The Bertz CT molecular complexity index is 245. The summed E-state index contributed by atoms with van der Waals surface area (Å²) >= 11 is 0. The minimum Gasteiger partial charge on any atom is -0.428 e. The molecule has 1 saturated heterocycles. The first kappa shape index (κ1) is 14.7. The SMILES string of the molecule is CC(C)(C)OC(=O)OC(=O)N1CCC1.[Na]. The van der Waals surface area contributed by atoms with Crippen molar-refractivity contribution in [3.8, 4) is 0 Å². The average Bonchev–Trinajstić information content (AvgIpc) is 1.75. The van der Waals surface area contributed by atoms with Gasteiger partial charge in [0.25, 0.3) is 0 Å². The first-order chi connectivity index (χ1) is 6.38. The van der Waals surface area contributed by atoms with Gasteiger partial charge in [-0.05, 0) is 27.2 Å². The third-order valence-electron chi connectivity index (χ3n) is 1.67. The summed E-state index contributed by atoms with van der Waals surface area (Å²) in [5.41, 5.74) is -0.633. The zero-order valence-corrected chi connectivity index (χ0v) is 11.7. The van der Waals surface area contributed by atoms with Gasteiger partial charge in [0.05, 0.1) is 0 Å². The van der Waals surface area contributed by atoms with Crippen molar-refractivity contribution in [2.45, 2.75) is 32.8 Å². The molecule has 15 heavy (non-hydrogen) atoms. The van der Waals surface area contributed by atoms with E-state index in [0.717, 1.165) is 6.42 Å². The Morgan fingerprint density at radius 1 is 1.20 bits per heavy atom. The number of likely N-dealkylation sites (tertiary alicyclic amines) is 1. The second kappa shape index (κ2) is 5.72. The number of carbonyl (C=O) groups excluding carboxylic acids is 2. The van der Waals surface area contributed by atoms with Gasteiger partial charge < -0.3 is 14.4 Å². The third-order valence-corrected chi connectivity index (χ3v) is 1.67. The Hall–Kier alpha value is -0.260.